The molecule has 0 unspecified atom stereocenters. The van der Waals surface area contributed by atoms with E-state index in [0.717, 1.165) is 22.6 Å². The highest BCUT2D eigenvalue weighted by Crippen LogP contribution is 2.42. The lowest BCUT2D eigenvalue weighted by atomic mass is 10.0. The summed E-state index contributed by atoms with van der Waals surface area (Å²) in [7, 11) is 0. The minimum atomic E-state index is -0.204. The van der Waals surface area contributed by atoms with Crippen LogP contribution in [0.25, 0.3) is 11.3 Å². The third-order valence-electron chi connectivity index (χ3n) is 5.41. The van der Waals surface area contributed by atoms with Gasteiger partial charge >= 0.3 is 0 Å². The topological polar surface area (TPSA) is 54.2 Å². The van der Waals surface area contributed by atoms with Crippen molar-refractivity contribution in [1.82, 2.24) is 20.2 Å². The van der Waals surface area contributed by atoms with E-state index in [1.54, 1.807) is 18.5 Å². The molecule has 0 bridgehead atoms. The van der Waals surface area contributed by atoms with Crippen molar-refractivity contribution < 1.29 is 4.42 Å². The van der Waals surface area contributed by atoms with Crippen molar-refractivity contribution in [2.24, 2.45) is 0 Å². The normalized spacial score (nSPS) is 18.1. The highest BCUT2D eigenvalue weighted by molar-refractivity contribution is 7.80. The van der Waals surface area contributed by atoms with Gasteiger partial charge in [0.2, 0.25) is 0 Å². The van der Waals surface area contributed by atoms with Gasteiger partial charge in [0.1, 0.15) is 17.6 Å². The van der Waals surface area contributed by atoms with Gasteiger partial charge in [0.15, 0.2) is 5.11 Å². The van der Waals surface area contributed by atoms with E-state index < -0.39 is 0 Å². The Morgan fingerprint density at radius 1 is 1.00 bits per heavy atom. The van der Waals surface area contributed by atoms with Crippen LogP contribution in [-0.4, -0.2) is 20.0 Å². The molecule has 1 saturated heterocycles. The van der Waals surface area contributed by atoms with Gasteiger partial charge in [-0.15, -0.1) is 0 Å². The number of nitrogens with zero attached hydrogens (tertiary/aromatic N) is 3. The summed E-state index contributed by atoms with van der Waals surface area (Å²) in [6.07, 6.45) is 5.37. The van der Waals surface area contributed by atoms with Crippen LogP contribution in [0.4, 0.5) is 0 Å². The molecule has 1 aromatic carbocycles. The number of rotatable bonds is 5. The molecular formula is C24H18Cl2N4OS. The highest BCUT2D eigenvalue weighted by atomic mass is 35.5. The van der Waals surface area contributed by atoms with Crippen LogP contribution in [0.1, 0.15) is 29.1 Å². The molecule has 2 atom stereocenters. The number of pyridine rings is 2. The Kier molecular flexibility index (Phi) is 5.83. The van der Waals surface area contributed by atoms with Crippen LogP contribution >= 0.6 is 35.4 Å². The van der Waals surface area contributed by atoms with E-state index in [4.69, 9.17) is 39.8 Å². The molecule has 5 rings (SSSR count). The van der Waals surface area contributed by atoms with Crippen LogP contribution in [0.15, 0.2) is 83.7 Å². The van der Waals surface area contributed by atoms with E-state index in [2.05, 4.69) is 20.2 Å². The quantitative estimate of drug-likeness (QED) is 0.342. The Morgan fingerprint density at radius 3 is 2.69 bits per heavy atom. The first kappa shape index (κ1) is 20.9. The molecule has 32 heavy (non-hydrogen) atoms. The van der Waals surface area contributed by atoms with Crippen LogP contribution in [0.3, 0.4) is 0 Å². The first-order chi connectivity index (χ1) is 15.6. The van der Waals surface area contributed by atoms with Gasteiger partial charge in [0.25, 0.3) is 0 Å². The number of hydrogen-bond acceptors (Lipinski definition) is 4. The Bertz CT molecular complexity index is 1250. The summed E-state index contributed by atoms with van der Waals surface area (Å²) >= 11 is 18.4. The molecule has 0 spiro atoms. The molecule has 160 valence electrons. The maximum atomic E-state index is 6.43. The van der Waals surface area contributed by atoms with Crippen molar-refractivity contribution in [1.29, 1.82) is 0 Å². The summed E-state index contributed by atoms with van der Waals surface area (Å²) in [5.41, 5.74) is 2.67. The predicted octanol–water partition coefficient (Wildman–Crippen LogP) is 6.22. The molecule has 1 aliphatic heterocycles. The predicted molar refractivity (Wildman–Crippen MR) is 129 cm³/mol. The summed E-state index contributed by atoms with van der Waals surface area (Å²) in [6.45, 7) is 0.585. The van der Waals surface area contributed by atoms with Crippen LogP contribution in [0, 0.1) is 0 Å². The summed E-state index contributed by atoms with van der Waals surface area (Å²) in [6, 6.07) is 18.8. The summed E-state index contributed by atoms with van der Waals surface area (Å²) in [4.78, 5) is 10.9. The number of thiocarbonyl (C=S) groups is 1. The van der Waals surface area contributed by atoms with Crippen LogP contribution in [0.2, 0.25) is 10.0 Å². The molecule has 5 nitrogen and oxygen atoms in total. The molecule has 3 aromatic heterocycles. The molecular weight excluding hydrogens is 463 g/mol. The zero-order chi connectivity index (χ0) is 22.1. The van der Waals surface area contributed by atoms with Gasteiger partial charge in [-0.25, -0.2) is 0 Å². The Hall–Kier alpha value is -2.93. The fraction of sp³-hybridized carbons (Fsp3) is 0.125. The van der Waals surface area contributed by atoms with Crippen molar-refractivity contribution in [2.75, 3.05) is 0 Å². The highest BCUT2D eigenvalue weighted by Gasteiger charge is 2.41. The van der Waals surface area contributed by atoms with Crippen molar-refractivity contribution >= 4 is 40.5 Å². The Balaban J connectivity index is 1.56. The average molecular weight is 481 g/mol. The lowest BCUT2D eigenvalue weighted by Crippen LogP contribution is -2.29. The second-order valence-corrected chi connectivity index (χ2v) is 8.59. The van der Waals surface area contributed by atoms with E-state index in [-0.39, 0.29) is 12.1 Å². The summed E-state index contributed by atoms with van der Waals surface area (Å²) in [5.74, 6) is 1.40. The third kappa shape index (κ3) is 3.97. The molecule has 1 aliphatic rings. The van der Waals surface area contributed by atoms with Crippen molar-refractivity contribution in [2.45, 2.75) is 18.6 Å². The van der Waals surface area contributed by atoms with Crippen molar-refractivity contribution in [3.8, 4) is 11.3 Å². The number of nitrogens with one attached hydrogen (secondary N) is 1. The maximum absolute atomic E-state index is 6.43. The van der Waals surface area contributed by atoms with Crippen LogP contribution in [0.5, 0.6) is 0 Å². The van der Waals surface area contributed by atoms with Crippen molar-refractivity contribution in [3.63, 3.8) is 0 Å². The van der Waals surface area contributed by atoms with E-state index in [1.165, 1.54) is 0 Å². The molecule has 0 saturated carbocycles. The molecule has 0 radical (unpaired) electrons. The van der Waals surface area contributed by atoms with E-state index >= 15 is 0 Å². The number of furan rings is 1. The minimum Gasteiger partial charge on any atom is -0.459 e. The molecule has 0 aliphatic carbocycles. The van der Waals surface area contributed by atoms with Gasteiger partial charge in [-0.1, -0.05) is 41.4 Å². The standard InChI is InChI=1S/C24H18Cl2N4OS/c25-17-7-3-6-16(21(17)26)19-9-10-20(31-19)23-22(18-8-1-2-12-28-18)29-24(32)30(23)14-15-5-4-11-27-13-15/h1-13,22-23H,14H2,(H,29,32)/t22-,23-/m0/s1. The van der Waals surface area contributed by atoms with Crippen LogP contribution in [-0.2, 0) is 6.54 Å². The zero-order valence-electron chi connectivity index (χ0n) is 16.8. The van der Waals surface area contributed by atoms with Gasteiger partial charge in [-0.3, -0.25) is 9.97 Å². The maximum Gasteiger partial charge on any atom is 0.170 e. The average Bonchev–Trinajstić information content (AvgIpc) is 3.42. The van der Waals surface area contributed by atoms with Gasteiger partial charge in [-0.2, -0.15) is 0 Å². The molecule has 4 aromatic rings. The van der Waals surface area contributed by atoms with E-state index in [0.29, 0.717) is 27.5 Å². The smallest absolute Gasteiger partial charge is 0.170 e. The number of halogens is 2. The third-order valence-corrected chi connectivity index (χ3v) is 6.58. The minimum absolute atomic E-state index is 0.172. The van der Waals surface area contributed by atoms with Crippen molar-refractivity contribution in [3.05, 3.63) is 106 Å². The molecule has 1 fully saturated rings. The van der Waals surface area contributed by atoms with Gasteiger partial charge < -0.3 is 14.6 Å². The summed E-state index contributed by atoms with van der Waals surface area (Å²) in [5, 5.41) is 5.00. The SMILES string of the molecule is S=C1N[C@@H](c2ccccn2)[C@H](c2ccc(-c3cccc(Cl)c3Cl)o2)N1Cc1cccnc1. The second-order valence-electron chi connectivity index (χ2n) is 7.42. The first-order valence-corrected chi connectivity index (χ1v) is 11.2. The number of hydrogen-bond donors (Lipinski definition) is 1. The van der Waals surface area contributed by atoms with Gasteiger partial charge in [-0.05, 0) is 60.2 Å². The molecule has 0 amide bonds. The monoisotopic (exact) mass is 480 g/mol. The lowest BCUT2D eigenvalue weighted by Gasteiger charge is -2.26. The van der Waals surface area contributed by atoms with Crippen LogP contribution < -0.4 is 5.32 Å². The fourth-order valence-electron chi connectivity index (χ4n) is 3.92. The van der Waals surface area contributed by atoms with E-state index in [1.807, 2.05) is 60.8 Å². The van der Waals surface area contributed by atoms with Gasteiger partial charge in [0, 0.05) is 30.7 Å². The number of aromatic nitrogens is 2. The molecule has 1 N–H and O–H groups in total. The fourth-order valence-corrected chi connectivity index (χ4v) is 4.62. The first-order valence-electron chi connectivity index (χ1n) is 10.0. The largest absolute Gasteiger partial charge is 0.459 e. The molecule has 4 heterocycles. The summed E-state index contributed by atoms with van der Waals surface area (Å²) < 4.78 is 6.33. The Morgan fingerprint density at radius 2 is 1.91 bits per heavy atom. The lowest BCUT2D eigenvalue weighted by molar-refractivity contribution is 0.269. The van der Waals surface area contributed by atoms with E-state index in [9.17, 15) is 0 Å². The van der Waals surface area contributed by atoms with Gasteiger partial charge in [0.05, 0.1) is 21.8 Å². The second kappa shape index (κ2) is 8.90. The Labute approximate surface area is 201 Å². The zero-order valence-corrected chi connectivity index (χ0v) is 19.1. The molecule has 8 heteroatoms. The number of benzene rings is 1.